The van der Waals surface area contributed by atoms with Crippen molar-refractivity contribution in [2.45, 2.75) is 38.3 Å². The van der Waals surface area contributed by atoms with E-state index in [1.165, 1.54) is 0 Å². The van der Waals surface area contributed by atoms with Crippen molar-refractivity contribution < 1.29 is 9.84 Å². The molecule has 1 aromatic rings. The van der Waals surface area contributed by atoms with E-state index in [-0.39, 0.29) is 0 Å². The van der Waals surface area contributed by atoms with Crippen molar-refractivity contribution >= 4 is 11.6 Å². The first-order chi connectivity index (χ1) is 10.9. The van der Waals surface area contributed by atoms with E-state index in [2.05, 4.69) is 22.8 Å². The molecular formula is C18H29ClN2O2. The molecule has 1 aliphatic heterocycles. The molecule has 0 radical (unpaired) electrons. The molecule has 1 saturated heterocycles. The Kier molecular flexibility index (Phi) is 6.72. The predicted octanol–water partition coefficient (Wildman–Crippen LogP) is 3.02. The van der Waals surface area contributed by atoms with Gasteiger partial charge < -0.3 is 14.7 Å². The van der Waals surface area contributed by atoms with Crippen molar-refractivity contribution in [1.29, 1.82) is 0 Å². The molecule has 5 heteroatoms. The Balaban J connectivity index is 1.97. The van der Waals surface area contributed by atoms with Gasteiger partial charge in [-0.3, -0.25) is 4.90 Å². The summed E-state index contributed by atoms with van der Waals surface area (Å²) in [6.45, 7) is 5.99. The Morgan fingerprint density at radius 1 is 1.39 bits per heavy atom. The highest BCUT2D eigenvalue weighted by Crippen LogP contribution is 2.28. The van der Waals surface area contributed by atoms with E-state index in [4.69, 9.17) is 16.3 Å². The lowest BCUT2D eigenvalue weighted by Crippen LogP contribution is -2.52. The Bertz CT molecular complexity index is 510. The SMILES string of the molecule is CCCOc1ccc(CN2CCC[C@@](O)(CN(C)C)C2)cc1Cl. The third kappa shape index (κ3) is 5.64. The number of β-amino-alcohol motifs (C(OH)–C–C–N with tert-alkyl or cyclic N) is 1. The standard InChI is InChI=1S/C18H29ClN2O2/c1-4-10-23-17-7-6-15(11-16(17)19)12-21-9-5-8-18(22,14-21)13-20(2)3/h6-7,11,22H,4-5,8-10,12-14H2,1-3H3/t18-/m1/s1. The van der Waals surface area contributed by atoms with Gasteiger partial charge in [-0.2, -0.15) is 0 Å². The van der Waals surface area contributed by atoms with E-state index in [0.29, 0.717) is 24.7 Å². The molecular weight excluding hydrogens is 312 g/mol. The van der Waals surface area contributed by atoms with Crippen molar-refractivity contribution in [3.8, 4) is 5.75 Å². The van der Waals surface area contributed by atoms with Crippen LogP contribution in [-0.2, 0) is 6.54 Å². The van der Waals surface area contributed by atoms with Gasteiger partial charge in [0.1, 0.15) is 5.75 Å². The van der Waals surface area contributed by atoms with Gasteiger partial charge in [0.2, 0.25) is 0 Å². The normalized spacial score (nSPS) is 22.5. The highest BCUT2D eigenvalue weighted by molar-refractivity contribution is 6.32. The number of likely N-dealkylation sites (tertiary alicyclic amines) is 1. The molecule has 0 unspecified atom stereocenters. The molecule has 1 fully saturated rings. The Morgan fingerprint density at radius 3 is 2.83 bits per heavy atom. The maximum absolute atomic E-state index is 10.8. The Hall–Kier alpha value is -0.810. The molecule has 1 aliphatic rings. The van der Waals surface area contributed by atoms with Gasteiger partial charge in [-0.1, -0.05) is 24.6 Å². The van der Waals surface area contributed by atoms with Gasteiger partial charge >= 0.3 is 0 Å². The average Bonchev–Trinajstić information content (AvgIpc) is 2.45. The van der Waals surface area contributed by atoms with Crippen molar-refractivity contribution in [1.82, 2.24) is 9.80 Å². The van der Waals surface area contributed by atoms with Crippen molar-refractivity contribution in [2.24, 2.45) is 0 Å². The van der Waals surface area contributed by atoms with Crippen LogP contribution < -0.4 is 4.74 Å². The molecule has 0 saturated carbocycles. The summed E-state index contributed by atoms with van der Waals surface area (Å²) in [6.07, 6.45) is 2.86. The van der Waals surface area contributed by atoms with Crippen molar-refractivity contribution in [3.05, 3.63) is 28.8 Å². The predicted molar refractivity (Wildman–Crippen MR) is 95.3 cm³/mol. The maximum atomic E-state index is 10.8. The van der Waals surface area contributed by atoms with E-state index in [1.807, 2.05) is 26.2 Å². The molecule has 1 aromatic carbocycles. The zero-order valence-corrected chi connectivity index (χ0v) is 15.3. The molecule has 1 N–H and O–H groups in total. The molecule has 130 valence electrons. The van der Waals surface area contributed by atoms with Crippen LogP contribution in [0.1, 0.15) is 31.7 Å². The highest BCUT2D eigenvalue weighted by atomic mass is 35.5. The van der Waals surface area contributed by atoms with Gasteiger partial charge in [0.15, 0.2) is 0 Å². The average molecular weight is 341 g/mol. The topological polar surface area (TPSA) is 35.9 Å². The fourth-order valence-electron chi connectivity index (χ4n) is 3.29. The van der Waals surface area contributed by atoms with Crippen LogP contribution in [0.5, 0.6) is 5.75 Å². The molecule has 1 atom stereocenters. The van der Waals surface area contributed by atoms with Crippen LogP contribution in [0.4, 0.5) is 0 Å². The zero-order chi connectivity index (χ0) is 16.9. The first kappa shape index (κ1) is 18.5. The molecule has 0 bridgehead atoms. The summed E-state index contributed by atoms with van der Waals surface area (Å²) in [4.78, 5) is 4.37. The zero-order valence-electron chi connectivity index (χ0n) is 14.5. The quantitative estimate of drug-likeness (QED) is 0.827. The molecule has 0 aromatic heterocycles. The van der Waals surface area contributed by atoms with Crippen LogP contribution >= 0.6 is 11.6 Å². The van der Waals surface area contributed by atoms with Gasteiger partial charge in [0, 0.05) is 19.6 Å². The molecule has 2 rings (SSSR count). The minimum Gasteiger partial charge on any atom is -0.492 e. The largest absolute Gasteiger partial charge is 0.492 e. The van der Waals surface area contributed by atoms with Crippen LogP contribution in [0.2, 0.25) is 5.02 Å². The number of rotatable bonds is 7. The van der Waals surface area contributed by atoms with E-state index >= 15 is 0 Å². The minimum absolute atomic E-state index is 0.615. The maximum Gasteiger partial charge on any atom is 0.137 e. The summed E-state index contributed by atoms with van der Waals surface area (Å²) in [6, 6.07) is 5.99. The van der Waals surface area contributed by atoms with Crippen LogP contribution in [-0.4, -0.2) is 60.8 Å². The van der Waals surface area contributed by atoms with Gasteiger partial charge in [0.25, 0.3) is 0 Å². The number of piperidine rings is 1. The lowest BCUT2D eigenvalue weighted by atomic mass is 9.92. The third-order valence-corrected chi connectivity index (χ3v) is 4.40. The Morgan fingerprint density at radius 2 is 2.17 bits per heavy atom. The monoisotopic (exact) mass is 340 g/mol. The minimum atomic E-state index is -0.615. The third-order valence-electron chi connectivity index (χ3n) is 4.11. The first-order valence-corrected chi connectivity index (χ1v) is 8.80. The molecule has 23 heavy (non-hydrogen) atoms. The number of hydrogen-bond donors (Lipinski definition) is 1. The van der Waals surface area contributed by atoms with Crippen LogP contribution in [0.15, 0.2) is 18.2 Å². The summed E-state index contributed by atoms with van der Waals surface area (Å²) >= 11 is 6.31. The molecule has 1 heterocycles. The van der Waals surface area contributed by atoms with Gasteiger partial charge in [-0.25, -0.2) is 0 Å². The number of nitrogens with zero attached hydrogens (tertiary/aromatic N) is 2. The summed E-state index contributed by atoms with van der Waals surface area (Å²) in [5.41, 5.74) is 0.545. The number of halogens is 1. The van der Waals surface area contributed by atoms with Crippen molar-refractivity contribution in [3.63, 3.8) is 0 Å². The number of benzene rings is 1. The number of hydrogen-bond acceptors (Lipinski definition) is 4. The van der Waals surface area contributed by atoms with Gasteiger partial charge in [-0.15, -0.1) is 0 Å². The fraction of sp³-hybridized carbons (Fsp3) is 0.667. The highest BCUT2D eigenvalue weighted by Gasteiger charge is 2.33. The second-order valence-corrected chi connectivity index (χ2v) is 7.30. The molecule has 0 spiro atoms. The molecule has 0 amide bonds. The van der Waals surface area contributed by atoms with Crippen LogP contribution in [0.25, 0.3) is 0 Å². The van der Waals surface area contributed by atoms with Gasteiger partial charge in [-0.05, 0) is 57.6 Å². The first-order valence-electron chi connectivity index (χ1n) is 8.42. The van der Waals surface area contributed by atoms with E-state index in [1.54, 1.807) is 0 Å². The number of likely N-dealkylation sites (N-methyl/N-ethyl adjacent to an activating group) is 1. The molecule has 0 aliphatic carbocycles. The lowest BCUT2D eigenvalue weighted by Gasteiger charge is -2.40. The van der Waals surface area contributed by atoms with Gasteiger partial charge in [0.05, 0.1) is 17.2 Å². The van der Waals surface area contributed by atoms with E-state index < -0.39 is 5.60 Å². The molecule has 4 nitrogen and oxygen atoms in total. The van der Waals surface area contributed by atoms with E-state index in [0.717, 1.165) is 43.7 Å². The van der Waals surface area contributed by atoms with Crippen LogP contribution in [0.3, 0.4) is 0 Å². The summed E-state index contributed by atoms with van der Waals surface area (Å²) < 4.78 is 5.62. The number of ether oxygens (including phenoxy) is 1. The Labute approximate surface area is 145 Å². The second kappa shape index (κ2) is 8.34. The van der Waals surface area contributed by atoms with Crippen molar-refractivity contribution in [2.75, 3.05) is 40.3 Å². The second-order valence-electron chi connectivity index (χ2n) is 6.89. The lowest BCUT2D eigenvalue weighted by molar-refractivity contribution is -0.0479. The van der Waals surface area contributed by atoms with Crippen LogP contribution in [0, 0.1) is 0 Å². The van der Waals surface area contributed by atoms with E-state index in [9.17, 15) is 5.11 Å². The summed E-state index contributed by atoms with van der Waals surface area (Å²) in [7, 11) is 4.01. The smallest absolute Gasteiger partial charge is 0.137 e. The fourth-order valence-corrected chi connectivity index (χ4v) is 3.55. The number of aliphatic hydroxyl groups is 1. The summed E-state index contributed by atoms with van der Waals surface area (Å²) in [5.74, 6) is 0.750. The summed E-state index contributed by atoms with van der Waals surface area (Å²) in [5, 5.41) is 11.4.